The number of rotatable bonds is 3. The lowest BCUT2D eigenvalue weighted by molar-refractivity contribution is -0.141. The average Bonchev–Trinajstić information content (AvgIpc) is 3.18. The first kappa shape index (κ1) is 19.3. The fourth-order valence-corrected chi connectivity index (χ4v) is 5.69. The van der Waals surface area contributed by atoms with Crippen LogP contribution in [0.1, 0.15) is 23.6 Å². The maximum atomic E-state index is 13.9. The Morgan fingerprint density at radius 2 is 1.79 bits per heavy atom. The number of hydrogen-bond acceptors (Lipinski definition) is 5. The first-order chi connectivity index (χ1) is 13.8. The molecule has 8 heteroatoms. The van der Waals surface area contributed by atoms with Gasteiger partial charge >= 0.3 is 0 Å². The summed E-state index contributed by atoms with van der Waals surface area (Å²) in [4.78, 5) is 26.9. The number of likely N-dealkylation sites (tertiary alicyclic amines) is 1. The van der Waals surface area contributed by atoms with Crippen LogP contribution in [-0.2, 0) is 19.4 Å². The second-order valence-electron chi connectivity index (χ2n) is 7.18. The molecule has 0 aliphatic carbocycles. The molecule has 0 aromatic heterocycles. The van der Waals surface area contributed by atoms with Crippen LogP contribution in [-0.4, -0.2) is 47.7 Å². The van der Waals surface area contributed by atoms with E-state index in [1.54, 1.807) is 36.4 Å². The van der Waals surface area contributed by atoms with Gasteiger partial charge in [0.15, 0.2) is 9.84 Å². The number of ketones is 1. The highest BCUT2D eigenvalue weighted by Gasteiger charge is 2.50. The molecule has 150 valence electrons. The van der Waals surface area contributed by atoms with Crippen LogP contribution in [0.25, 0.3) is 5.76 Å². The van der Waals surface area contributed by atoms with Crippen molar-refractivity contribution in [1.29, 1.82) is 0 Å². The molecule has 1 amide bonds. The number of nitrogens with zero attached hydrogens (tertiary/aromatic N) is 1. The molecule has 2 aliphatic heterocycles. The first-order valence-corrected chi connectivity index (χ1v) is 10.9. The zero-order chi connectivity index (χ0) is 20.8. The molecular formula is C21H18FNO5S. The van der Waals surface area contributed by atoms with Gasteiger partial charge in [0.25, 0.3) is 11.7 Å². The third kappa shape index (κ3) is 3.44. The van der Waals surface area contributed by atoms with E-state index >= 15 is 0 Å². The molecular weight excluding hydrogens is 397 g/mol. The van der Waals surface area contributed by atoms with Crippen LogP contribution < -0.4 is 0 Å². The van der Waals surface area contributed by atoms with Gasteiger partial charge in [-0.05, 0) is 24.1 Å². The van der Waals surface area contributed by atoms with Crippen molar-refractivity contribution in [2.75, 3.05) is 11.5 Å². The van der Waals surface area contributed by atoms with E-state index in [9.17, 15) is 27.5 Å². The molecule has 0 bridgehead atoms. The van der Waals surface area contributed by atoms with Crippen LogP contribution in [0.5, 0.6) is 0 Å². The average molecular weight is 415 g/mol. The number of benzene rings is 2. The van der Waals surface area contributed by atoms with Crippen molar-refractivity contribution in [3.63, 3.8) is 0 Å². The largest absolute Gasteiger partial charge is 0.507 e. The summed E-state index contributed by atoms with van der Waals surface area (Å²) in [5.74, 6) is -3.09. The van der Waals surface area contributed by atoms with Crippen molar-refractivity contribution in [2.24, 2.45) is 0 Å². The molecule has 6 nitrogen and oxygen atoms in total. The summed E-state index contributed by atoms with van der Waals surface area (Å²) >= 11 is 0. The minimum atomic E-state index is -3.34. The Labute approximate surface area is 167 Å². The lowest BCUT2D eigenvalue weighted by Crippen LogP contribution is -2.40. The van der Waals surface area contributed by atoms with E-state index < -0.39 is 39.4 Å². The van der Waals surface area contributed by atoms with Gasteiger partial charge in [-0.25, -0.2) is 12.8 Å². The van der Waals surface area contributed by atoms with Crippen LogP contribution in [0.15, 0.2) is 60.2 Å². The number of carbonyl (C=O) groups is 2. The molecule has 2 saturated heterocycles. The SMILES string of the molecule is O=C1C(=O)N([C@@H]2CCS(=O)(=O)C2)[C@H](c2cccc(F)c2)C1=C(O)c1ccccc1. The van der Waals surface area contributed by atoms with E-state index in [0.29, 0.717) is 11.1 Å². The van der Waals surface area contributed by atoms with Crippen molar-refractivity contribution in [3.8, 4) is 0 Å². The zero-order valence-corrected chi connectivity index (χ0v) is 16.1. The Hall–Kier alpha value is -3.00. The molecule has 29 heavy (non-hydrogen) atoms. The van der Waals surface area contributed by atoms with E-state index in [-0.39, 0.29) is 29.3 Å². The highest BCUT2D eigenvalue weighted by Crippen LogP contribution is 2.42. The third-order valence-electron chi connectivity index (χ3n) is 5.29. The van der Waals surface area contributed by atoms with Crippen molar-refractivity contribution < 1.29 is 27.5 Å². The monoisotopic (exact) mass is 415 g/mol. The van der Waals surface area contributed by atoms with Gasteiger partial charge in [-0.3, -0.25) is 9.59 Å². The summed E-state index contributed by atoms with van der Waals surface area (Å²) in [6, 6.07) is 11.9. The molecule has 0 saturated carbocycles. The summed E-state index contributed by atoms with van der Waals surface area (Å²) in [6.45, 7) is 0. The molecule has 2 atom stereocenters. The van der Waals surface area contributed by atoms with E-state index in [2.05, 4.69) is 0 Å². The van der Waals surface area contributed by atoms with Gasteiger partial charge in [-0.2, -0.15) is 0 Å². The highest BCUT2D eigenvalue weighted by atomic mass is 32.2. The molecule has 0 unspecified atom stereocenters. The van der Waals surface area contributed by atoms with Crippen LogP contribution in [0.2, 0.25) is 0 Å². The third-order valence-corrected chi connectivity index (χ3v) is 7.04. The second-order valence-corrected chi connectivity index (χ2v) is 9.41. The molecule has 1 N–H and O–H groups in total. The van der Waals surface area contributed by atoms with Gasteiger partial charge < -0.3 is 10.0 Å². The van der Waals surface area contributed by atoms with E-state index in [1.165, 1.54) is 23.1 Å². The Morgan fingerprint density at radius 1 is 1.07 bits per heavy atom. The predicted octanol–water partition coefficient (Wildman–Crippen LogP) is 2.43. The van der Waals surface area contributed by atoms with Crippen molar-refractivity contribution >= 4 is 27.3 Å². The summed E-state index contributed by atoms with van der Waals surface area (Å²) < 4.78 is 37.9. The highest BCUT2D eigenvalue weighted by molar-refractivity contribution is 7.91. The van der Waals surface area contributed by atoms with Gasteiger partial charge in [-0.15, -0.1) is 0 Å². The summed E-state index contributed by atoms with van der Waals surface area (Å²) in [6.07, 6.45) is 0.187. The first-order valence-electron chi connectivity index (χ1n) is 9.10. The van der Waals surface area contributed by atoms with Gasteiger partial charge in [0.2, 0.25) is 0 Å². The number of hydrogen-bond donors (Lipinski definition) is 1. The fourth-order valence-electron chi connectivity index (χ4n) is 3.98. The molecule has 2 heterocycles. The topological polar surface area (TPSA) is 91.8 Å². The standard InChI is InChI=1S/C21H18FNO5S/c22-15-8-4-7-14(11-15)18-17(19(24)13-5-2-1-3-6-13)20(25)21(26)23(18)16-9-10-29(27,28)12-16/h1-8,11,16,18,24H,9-10,12H2/t16-,18-/m1/s1. The smallest absolute Gasteiger partial charge is 0.295 e. The number of aliphatic hydroxyl groups excluding tert-OH is 1. The number of sulfone groups is 1. The fraction of sp³-hybridized carbons (Fsp3) is 0.238. The van der Waals surface area contributed by atoms with Crippen molar-refractivity contribution in [2.45, 2.75) is 18.5 Å². The number of Topliss-reactive ketones (excluding diaryl/α,β-unsaturated/α-hetero) is 1. The van der Waals surface area contributed by atoms with Gasteiger partial charge in [0.05, 0.1) is 23.1 Å². The van der Waals surface area contributed by atoms with Gasteiger partial charge in [-0.1, -0.05) is 42.5 Å². The van der Waals surface area contributed by atoms with Gasteiger partial charge in [0, 0.05) is 11.6 Å². The lowest BCUT2D eigenvalue weighted by atomic mass is 9.94. The number of carbonyl (C=O) groups excluding carboxylic acids is 2. The zero-order valence-electron chi connectivity index (χ0n) is 15.3. The summed E-state index contributed by atoms with van der Waals surface area (Å²) in [5.41, 5.74) is 0.466. The lowest BCUT2D eigenvalue weighted by Gasteiger charge is -2.30. The van der Waals surface area contributed by atoms with E-state index in [4.69, 9.17) is 0 Å². The molecule has 2 aliphatic rings. The predicted molar refractivity (Wildman–Crippen MR) is 104 cm³/mol. The maximum absolute atomic E-state index is 13.9. The van der Waals surface area contributed by atoms with E-state index in [1.807, 2.05) is 0 Å². The normalized spacial score (nSPS) is 25.5. The summed E-state index contributed by atoms with van der Waals surface area (Å²) in [7, 11) is -3.34. The molecule has 2 fully saturated rings. The van der Waals surface area contributed by atoms with Crippen molar-refractivity contribution in [1.82, 2.24) is 4.90 Å². The second kappa shape index (κ2) is 7.11. The van der Waals surface area contributed by atoms with Crippen LogP contribution >= 0.6 is 0 Å². The molecule has 0 spiro atoms. The Balaban J connectivity index is 1.90. The minimum Gasteiger partial charge on any atom is -0.507 e. The molecule has 2 aromatic rings. The van der Waals surface area contributed by atoms with Crippen LogP contribution in [0.4, 0.5) is 4.39 Å². The van der Waals surface area contributed by atoms with Gasteiger partial charge in [0.1, 0.15) is 11.6 Å². The number of halogens is 1. The molecule has 2 aromatic carbocycles. The number of amides is 1. The van der Waals surface area contributed by atoms with Crippen LogP contribution in [0.3, 0.4) is 0 Å². The molecule has 4 rings (SSSR count). The maximum Gasteiger partial charge on any atom is 0.295 e. The van der Waals surface area contributed by atoms with Crippen molar-refractivity contribution in [3.05, 3.63) is 77.1 Å². The quantitative estimate of drug-likeness (QED) is 0.472. The van der Waals surface area contributed by atoms with Crippen LogP contribution in [0, 0.1) is 5.82 Å². The van der Waals surface area contributed by atoms with E-state index in [0.717, 1.165) is 0 Å². The summed E-state index contributed by atoms with van der Waals surface area (Å²) in [5, 5.41) is 10.8. The Bertz CT molecular complexity index is 1130. The minimum absolute atomic E-state index is 0.0881. The number of aliphatic hydroxyl groups is 1. The molecule has 0 radical (unpaired) electrons. The Morgan fingerprint density at radius 3 is 2.41 bits per heavy atom. The Kier molecular flexibility index (Phi) is 4.74.